The fourth-order valence-corrected chi connectivity index (χ4v) is 8.96. The van der Waals surface area contributed by atoms with Crippen LogP contribution in [0.15, 0.2) is 158 Å². The second-order valence-electron chi connectivity index (χ2n) is 17.6. The van der Waals surface area contributed by atoms with Crippen LogP contribution in [0.5, 0.6) is 5.75 Å². The number of phenols is 1. The maximum Gasteiger partial charge on any atom is 0.149 e. The summed E-state index contributed by atoms with van der Waals surface area (Å²) in [6, 6.07) is 49.5. The van der Waals surface area contributed by atoms with Crippen LogP contribution in [0.1, 0.15) is 101 Å². The van der Waals surface area contributed by atoms with Gasteiger partial charge in [-0.25, -0.2) is 4.98 Å². The second-order valence-corrected chi connectivity index (χ2v) is 17.6. The average molecular weight is 842 g/mol. The molecule has 0 unspecified atom stereocenters. The summed E-state index contributed by atoms with van der Waals surface area (Å²) in [5, 5.41) is 11.9. The standard InChI is InChI=1S/C60H57N3O/c1-36(2)42-21-23-44(24-22-42)45-27-28-61-54(35-45)49-33-47(43-15-11-10-12-16-43)32-48(34-49)52-19-14-20-56-58(52)62-60(53-30-39(7)29-41(9)59(53)64)63(56)55-26-25-46(31-40(55)8)57-50(37(3)4)17-13-18-51(57)38(5)6/h10-38,64H,1-9H3/i8D3,36D,37D,38D. The summed E-state index contributed by atoms with van der Waals surface area (Å²) in [6.45, 7) is 12.2. The molecule has 4 nitrogen and oxygen atoms in total. The molecule has 0 saturated heterocycles. The van der Waals surface area contributed by atoms with Gasteiger partial charge < -0.3 is 5.11 Å². The van der Waals surface area contributed by atoms with Gasteiger partial charge in [0.15, 0.2) is 0 Å². The predicted octanol–water partition coefficient (Wildman–Crippen LogP) is 16.4. The van der Waals surface area contributed by atoms with Crippen molar-refractivity contribution >= 4 is 11.0 Å². The van der Waals surface area contributed by atoms with Gasteiger partial charge in [-0.3, -0.25) is 9.55 Å². The number of para-hydroxylation sites is 1. The van der Waals surface area contributed by atoms with Gasteiger partial charge in [-0.05, 0) is 165 Å². The molecule has 4 heteroatoms. The van der Waals surface area contributed by atoms with Crippen LogP contribution in [0.3, 0.4) is 0 Å². The van der Waals surface area contributed by atoms with E-state index in [1.54, 1.807) is 39.8 Å². The lowest BCUT2D eigenvalue weighted by Crippen LogP contribution is -2.03. The van der Waals surface area contributed by atoms with Crippen LogP contribution >= 0.6 is 0 Å². The molecule has 9 rings (SSSR count). The van der Waals surface area contributed by atoms with Gasteiger partial charge in [0, 0.05) is 25.5 Å². The Morgan fingerprint density at radius 2 is 1.22 bits per heavy atom. The van der Waals surface area contributed by atoms with Crippen molar-refractivity contribution in [1.29, 1.82) is 0 Å². The summed E-state index contributed by atoms with van der Waals surface area (Å²) in [7, 11) is 0. The topological polar surface area (TPSA) is 50.9 Å². The van der Waals surface area contributed by atoms with Crippen LogP contribution in [-0.4, -0.2) is 19.6 Å². The molecule has 0 radical (unpaired) electrons. The van der Waals surface area contributed by atoms with E-state index >= 15 is 0 Å². The maximum absolute atomic E-state index is 11.9. The van der Waals surface area contributed by atoms with Crippen molar-refractivity contribution in [2.45, 2.75) is 79.9 Å². The quantitative estimate of drug-likeness (QED) is 0.149. The monoisotopic (exact) mass is 841 g/mol. The van der Waals surface area contributed by atoms with E-state index in [0.717, 1.165) is 55.8 Å². The smallest absolute Gasteiger partial charge is 0.149 e. The lowest BCUT2D eigenvalue weighted by atomic mass is 9.84. The highest BCUT2D eigenvalue weighted by Gasteiger charge is 2.24. The zero-order valence-corrected chi connectivity index (χ0v) is 37.8. The maximum atomic E-state index is 11.9. The van der Waals surface area contributed by atoms with Gasteiger partial charge in [-0.2, -0.15) is 0 Å². The molecule has 0 bridgehead atoms. The Morgan fingerprint density at radius 1 is 0.547 bits per heavy atom. The first-order valence-corrected chi connectivity index (χ1v) is 21.9. The van der Waals surface area contributed by atoms with E-state index in [1.807, 2.05) is 129 Å². The number of aromatic nitrogens is 3. The molecule has 0 amide bonds. The van der Waals surface area contributed by atoms with E-state index in [4.69, 9.17) is 18.2 Å². The molecule has 2 heterocycles. The van der Waals surface area contributed by atoms with Crippen LogP contribution in [0.2, 0.25) is 0 Å². The van der Waals surface area contributed by atoms with Crippen LogP contribution < -0.4 is 0 Å². The molecule has 1 N–H and O–H groups in total. The van der Waals surface area contributed by atoms with Crippen LogP contribution in [0.4, 0.5) is 0 Å². The first kappa shape index (κ1) is 35.4. The summed E-state index contributed by atoms with van der Waals surface area (Å²) >= 11 is 0. The molecule has 318 valence electrons. The normalized spacial score (nSPS) is 13.8. The minimum absolute atomic E-state index is 0.0436. The van der Waals surface area contributed by atoms with Gasteiger partial charge in [0.2, 0.25) is 0 Å². The number of benzene rings is 7. The van der Waals surface area contributed by atoms with Crippen molar-refractivity contribution in [2.75, 3.05) is 0 Å². The van der Waals surface area contributed by atoms with E-state index in [9.17, 15) is 5.11 Å². The molecule has 0 aliphatic rings. The molecule has 0 fully saturated rings. The third-order valence-corrected chi connectivity index (χ3v) is 12.2. The predicted molar refractivity (Wildman–Crippen MR) is 270 cm³/mol. The fraction of sp³-hybridized carbons (Fsp3) is 0.200. The molecular weight excluding hydrogens is 779 g/mol. The van der Waals surface area contributed by atoms with Gasteiger partial charge in [0.25, 0.3) is 0 Å². The number of hydrogen-bond donors (Lipinski definition) is 1. The van der Waals surface area contributed by atoms with Crippen molar-refractivity contribution in [1.82, 2.24) is 14.5 Å². The van der Waals surface area contributed by atoms with Crippen molar-refractivity contribution < 1.29 is 13.3 Å². The summed E-state index contributed by atoms with van der Waals surface area (Å²) < 4.78 is 55.9. The van der Waals surface area contributed by atoms with Crippen LogP contribution in [0, 0.1) is 20.7 Å². The summed E-state index contributed by atoms with van der Waals surface area (Å²) in [5.41, 5.74) is 14.6. The number of nitrogens with zero attached hydrogens (tertiary/aromatic N) is 3. The lowest BCUT2D eigenvalue weighted by molar-refractivity contribution is 0.472. The molecule has 9 aromatic rings. The highest BCUT2D eigenvalue weighted by molar-refractivity contribution is 5.98. The third kappa shape index (κ3) is 7.94. The molecule has 2 aromatic heterocycles. The number of imidazole rings is 1. The minimum Gasteiger partial charge on any atom is -0.507 e. The van der Waals surface area contributed by atoms with E-state index < -0.39 is 24.5 Å². The highest BCUT2D eigenvalue weighted by atomic mass is 16.3. The number of hydrogen-bond acceptors (Lipinski definition) is 3. The number of fused-ring (bicyclic) bond motifs is 1. The Bertz CT molecular complexity index is 3410. The Labute approximate surface area is 387 Å². The number of rotatable bonds is 10. The molecule has 0 atom stereocenters. The number of pyridine rings is 1. The zero-order chi connectivity index (χ0) is 50.1. The van der Waals surface area contributed by atoms with E-state index in [-0.39, 0.29) is 11.3 Å². The second kappa shape index (κ2) is 17.3. The molecule has 0 aliphatic carbocycles. The van der Waals surface area contributed by atoms with E-state index in [1.165, 1.54) is 0 Å². The molecule has 64 heavy (non-hydrogen) atoms. The summed E-state index contributed by atoms with van der Waals surface area (Å²) in [5.74, 6) is -2.40. The molecule has 0 spiro atoms. The highest BCUT2D eigenvalue weighted by Crippen LogP contribution is 2.43. The van der Waals surface area contributed by atoms with Crippen LogP contribution in [0.25, 0.3) is 83.9 Å². The van der Waals surface area contributed by atoms with E-state index in [0.29, 0.717) is 55.9 Å². The van der Waals surface area contributed by atoms with Crippen molar-refractivity contribution in [2.24, 2.45) is 0 Å². The van der Waals surface area contributed by atoms with Crippen molar-refractivity contribution in [3.63, 3.8) is 0 Å². The fourth-order valence-electron chi connectivity index (χ4n) is 8.96. The Morgan fingerprint density at radius 3 is 1.92 bits per heavy atom. The zero-order valence-electron chi connectivity index (χ0n) is 43.8. The van der Waals surface area contributed by atoms with Gasteiger partial charge in [0.1, 0.15) is 11.6 Å². The Hall–Kier alpha value is -7.04. The first-order chi connectivity index (χ1) is 33.0. The number of aromatic hydroxyl groups is 1. The van der Waals surface area contributed by atoms with Gasteiger partial charge >= 0.3 is 0 Å². The summed E-state index contributed by atoms with van der Waals surface area (Å²) in [4.78, 5) is 10.3. The third-order valence-electron chi connectivity index (χ3n) is 12.2. The number of aryl methyl sites for hydroxylation is 3. The molecule has 0 saturated carbocycles. The Balaban J connectivity index is 1.30. The number of phenolic OH excluding ortho intramolecular Hbond substituents is 1. The molecule has 7 aromatic carbocycles. The van der Waals surface area contributed by atoms with Crippen LogP contribution in [-0.2, 0) is 0 Å². The lowest BCUT2D eigenvalue weighted by Gasteiger charge is -2.21. The molecule has 0 aliphatic heterocycles. The van der Waals surface area contributed by atoms with Gasteiger partial charge in [0.05, 0.1) is 28.0 Å². The summed E-state index contributed by atoms with van der Waals surface area (Å²) in [6.07, 6.45) is 1.82. The van der Waals surface area contributed by atoms with E-state index in [2.05, 4.69) is 48.5 Å². The minimum atomic E-state index is -2.62. The van der Waals surface area contributed by atoms with Gasteiger partial charge in [-0.1, -0.05) is 139 Å². The largest absolute Gasteiger partial charge is 0.507 e. The average Bonchev–Trinajstić information content (AvgIpc) is 3.71. The SMILES string of the molecule is [2H]C([2H])([2H])c1cc(-c2c(C([2H])(C)C)cccc2C([2H])(C)C)ccc1-n1c(-c2cc(C)cc(C)c2O)nc2c(-c3cc(-c4ccccc4)cc(-c4cc(-c5ccc(C([2H])(C)C)cc5)ccn4)c3)cccc21. The van der Waals surface area contributed by atoms with Gasteiger partial charge in [-0.15, -0.1) is 0 Å². The Kier molecular flexibility index (Phi) is 9.55. The molecular formula is C60H57N3O. The van der Waals surface area contributed by atoms with Crippen molar-refractivity contribution in [3.8, 4) is 78.6 Å². The first-order valence-electron chi connectivity index (χ1n) is 24.9. The van der Waals surface area contributed by atoms with Crippen molar-refractivity contribution in [3.05, 3.63) is 191 Å².